The van der Waals surface area contributed by atoms with Crippen LogP contribution in [0.3, 0.4) is 0 Å². The van der Waals surface area contributed by atoms with E-state index in [2.05, 4.69) is 51.4 Å². The Morgan fingerprint density at radius 1 is 1.11 bits per heavy atom. The van der Waals surface area contributed by atoms with Crippen LogP contribution >= 0.6 is 0 Å². The summed E-state index contributed by atoms with van der Waals surface area (Å²) in [6.07, 6.45) is 1.50. The molecular formula is C19H22N6O2. The van der Waals surface area contributed by atoms with Crippen molar-refractivity contribution in [1.29, 1.82) is 0 Å². The molecule has 0 N–H and O–H groups in total. The number of fused-ring (bicyclic) bond motifs is 1. The molecular weight excluding hydrogens is 344 g/mol. The van der Waals surface area contributed by atoms with Crippen LogP contribution in [-0.2, 0) is 11.3 Å². The lowest BCUT2D eigenvalue weighted by molar-refractivity contribution is -0.135. The first-order chi connectivity index (χ1) is 13.2. The van der Waals surface area contributed by atoms with Crippen molar-refractivity contribution < 1.29 is 9.53 Å². The SMILES string of the molecule is Cc1ccccc1CN1CCN(C(=O)COc2ccc3nncn3n2)CC1. The number of piperazine rings is 1. The summed E-state index contributed by atoms with van der Waals surface area (Å²) in [4.78, 5) is 16.7. The van der Waals surface area contributed by atoms with Gasteiger partial charge in [0, 0.05) is 38.8 Å². The van der Waals surface area contributed by atoms with E-state index in [1.165, 1.54) is 22.0 Å². The normalized spacial score (nSPS) is 15.2. The Bertz CT molecular complexity index is 933. The van der Waals surface area contributed by atoms with Crippen molar-refractivity contribution in [3.05, 3.63) is 53.9 Å². The van der Waals surface area contributed by atoms with Crippen molar-refractivity contribution in [2.24, 2.45) is 0 Å². The Morgan fingerprint density at radius 2 is 1.93 bits per heavy atom. The van der Waals surface area contributed by atoms with Crippen molar-refractivity contribution in [1.82, 2.24) is 29.6 Å². The van der Waals surface area contributed by atoms with Gasteiger partial charge < -0.3 is 9.64 Å². The third kappa shape index (κ3) is 4.06. The van der Waals surface area contributed by atoms with Crippen LogP contribution in [0.2, 0.25) is 0 Å². The van der Waals surface area contributed by atoms with E-state index in [-0.39, 0.29) is 12.5 Å². The van der Waals surface area contributed by atoms with Gasteiger partial charge in [0.05, 0.1) is 0 Å². The van der Waals surface area contributed by atoms with Crippen LogP contribution in [-0.4, -0.2) is 68.3 Å². The zero-order valence-electron chi connectivity index (χ0n) is 15.3. The third-order valence-electron chi connectivity index (χ3n) is 4.86. The fourth-order valence-corrected chi connectivity index (χ4v) is 3.20. The molecule has 0 atom stereocenters. The average molecular weight is 366 g/mol. The first-order valence-corrected chi connectivity index (χ1v) is 9.03. The number of aryl methyl sites for hydroxylation is 1. The predicted molar refractivity (Wildman–Crippen MR) is 99.3 cm³/mol. The molecule has 0 bridgehead atoms. The molecule has 8 nitrogen and oxygen atoms in total. The van der Waals surface area contributed by atoms with E-state index in [1.807, 2.05) is 4.90 Å². The molecule has 1 aromatic carbocycles. The number of carbonyl (C=O) groups is 1. The summed E-state index contributed by atoms with van der Waals surface area (Å²) >= 11 is 0. The lowest BCUT2D eigenvalue weighted by atomic mass is 10.1. The molecule has 1 aliphatic rings. The Morgan fingerprint density at radius 3 is 2.74 bits per heavy atom. The maximum Gasteiger partial charge on any atom is 0.260 e. The van der Waals surface area contributed by atoms with Crippen LogP contribution in [0.5, 0.6) is 5.88 Å². The number of ether oxygens (including phenoxy) is 1. The van der Waals surface area contributed by atoms with Crippen LogP contribution in [0, 0.1) is 6.92 Å². The van der Waals surface area contributed by atoms with Crippen molar-refractivity contribution in [3.8, 4) is 5.88 Å². The lowest BCUT2D eigenvalue weighted by Gasteiger charge is -2.34. The molecule has 0 saturated carbocycles. The largest absolute Gasteiger partial charge is 0.467 e. The molecule has 2 aromatic heterocycles. The molecule has 0 unspecified atom stereocenters. The van der Waals surface area contributed by atoms with Gasteiger partial charge in [0.2, 0.25) is 5.88 Å². The highest BCUT2D eigenvalue weighted by Gasteiger charge is 2.21. The van der Waals surface area contributed by atoms with Crippen molar-refractivity contribution in [3.63, 3.8) is 0 Å². The van der Waals surface area contributed by atoms with Gasteiger partial charge in [-0.15, -0.1) is 15.3 Å². The second-order valence-corrected chi connectivity index (χ2v) is 6.68. The number of aromatic nitrogens is 4. The fourth-order valence-electron chi connectivity index (χ4n) is 3.20. The number of amides is 1. The highest BCUT2D eigenvalue weighted by Crippen LogP contribution is 2.13. The monoisotopic (exact) mass is 366 g/mol. The van der Waals surface area contributed by atoms with Gasteiger partial charge in [0.1, 0.15) is 6.33 Å². The number of rotatable bonds is 5. The summed E-state index contributed by atoms with van der Waals surface area (Å²) < 4.78 is 7.06. The summed E-state index contributed by atoms with van der Waals surface area (Å²) in [6, 6.07) is 11.9. The Hall–Kier alpha value is -3.00. The summed E-state index contributed by atoms with van der Waals surface area (Å²) in [5, 5.41) is 11.9. The number of benzene rings is 1. The van der Waals surface area contributed by atoms with Crippen molar-refractivity contribution in [2.75, 3.05) is 32.8 Å². The van der Waals surface area contributed by atoms with Gasteiger partial charge in [-0.3, -0.25) is 9.69 Å². The number of carbonyl (C=O) groups excluding carboxylic acids is 1. The smallest absolute Gasteiger partial charge is 0.260 e. The molecule has 3 aromatic rings. The van der Waals surface area contributed by atoms with Crippen LogP contribution in [0.25, 0.3) is 5.65 Å². The fraction of sp³-hybridized carbons (Fsp3) is 0.368. The molecule has 4 rings (SSSR count). The summed E-state index contributed by atoms with van der Waals surface area (Å²) in [5.41, 5.74) is 3.29. The minimum atomic E-state index is -0.0174. The second-order valence-electron chi connectivity index (χ2n) is 6.68. The molecule has 0 spiro atoms. The second kappa shape index (κ2) is 7.71. The van der Waals surface area contributed by atoms with E-state index in [0.717, 1.165) is 19.6 Å². The molecule has 140 valence electrons. The quantitative estimate of drug-likeness (QED) is 0.674. The molecule has 1 saturated heterocycles. The number of hydrogen-bond donors (Lipinski definition) is 0. The highest BCUT2D eigenvalue weighted by molar-refractivity contribution is 5.77. The van der Waals surface area contributed by atoms with E-state index < -0.39 is 0 Å². The molecule has 1 aliphatic heterocycles. The Labute approximate surface area is 157 Å². The first kappa shape index (κ1) is 17.4. The number of hydrogen-bond acceptors (Lipinski definition) is 6. The van der Waals surface area contributed by atoms with Gasteiger partial charge in [-0.25, -0.2) is 0 Å². The van der Waals surface area contributed by atoms with Crippen LogP contribution in [0.4, 0.5) is 0 Å². The summed E-state index contributed by atoms with van der Waals surface area (Å²) in [5.74, 6) is 0.366. The van der Waals surface area contributed by atoms with Crippen molar-refractivity contribution >= 4 is 11.6 Å². The van der Waals surface area contributed by atoms with Gasteiger partial charge in [-0.05, 0) is 24.1 Å². The van der Waals surface area contributed by atoms with E-state index in [4.69, 9.17) is 4.74 Å². The van der Waals surface area contributed by atoms with Crippen LogP contribution < -0.4 is 4.74 Å². The van der Waals surface area contributed by atoms with Crippen LogP contribution in [0.1, 0.15) is 11.1 Å². The van der Waals surface area contributed by atoms with Gasteiger partial charge in [-0.2, -0.15) is 4.52 Å². The molecule has 27 heavy (non-hydrogen) atoms. The third-order valence-corrected chi connectivity index (χ3v) is 4.86. The molecule has 0 radical (unpaired) electrons. The zero-order chi connectivity index (χ0) is 18.6. The van der Waals surface area contributed by atoms with E-state index in [1.54, 1.807) is 12.1 Å². The molecule has 1 fully saturated rings. The zero-order valence-corrected chi connectivity index (χ0v) is 15.3. The molecule has 1 amide bonds. The van der Waals surface area contributed by atoms with Gasteiger partial charge in [0.25, 0.3) is 5.91 Å². The minimum Gasteiger partial charge on any atom is -0.467 e. The van der Waals surface area contributed by atoms with E-state index in [9.17, 15) is 4.79 Å². The first-order valence-electron chi connectivity index (χ1n) is 9.03. The maximum atomic E-state index is 12.4. The minimum absolute atomic E-state index is 0.0155. The number of nitrogens with zero attached hydrogens (tertiary/aromatic N) is 6. The molecule has 3 heterocycles. The summed E-state index contributed by atoms with van der Waals surface area (Å²) in [6.45, 7) is 6.21. The Kier molecular flexibility index (Phi) is 4.97. The topological polar surface area (TPSA) is 75.9 Å². The van der Waals surface area contributed by atoms with Crippen molar-refractivity contribution in [2.45, 2.75) is 13.5 Å². The lowest BCUT2D eigenvalue weighted by Crippen LogP contribution is -2.49. The average Bonchev–Trinajstić information content (AvgIpc) is 3.16. The standard InChI is InChI=1S/C19H22N6O2/c1-15-4-2-3-5-16(15)12-23-8-10-24(11-9-23)19(26)13-27-18-7-6-17-21-20-14-25(17)22-18/h2-7,14H,8-13H2,1H3. The summed E-state index contributed by atoms with van der Waals surface area (Å²) in [7, 11) is 0. The van der Waals surface area contributed by atoms with Crippen LogP contribution in [0.15, 0.2) is 42.7 Å². The van der Waals surface area contributed by atoms with E-state index >= 15 is 0 Å². The molecule has 0 aliphatic carbocycles. The van der Waals surface area contributed by atoms with Gasteiger partial charge in [0.15, 0.2) is 12.3 Å². The maximum absolute atomic E-state index is 12.4. The van der Waals surface area contributed by atoms with Gasteiger partial charge >= 0.3 is 0 Å². The predicted octanol–water partition coefficient (Wildman–Crippen LogP) is 1.16. The van der Waals surface area contributed by atoms with E-state index in [0.29, 0.717) is 24.6 Å². The highest BCUT2D eigenvalue weighted by atomic mass is 16.5. The van der Waals surface area contributed by atoms with Gasteiger partial charge in [-0.1, -0.05) is 24.3 Å². The Balaban J connectivity index is 1.26. The molecule has 8 heteroatoms.